The fourth-order valence-corrected chi connectivity index (χ4v) is 2.10. The molecular weight excluding hydrogens is 278 g/mol. The van der Waals surface area contributed by atoms with Crippen molar-refractivity contribution in [3.8, 4) is 0 Å². The molecule has 0 fully saturated rings. The highest BCUT2D eigenvalue weighted by Gasteiger charge is 2.09. The maximum Gasteiger partial charge on any atom is 0.224 e. The van der Waals surface area contributed by atoms with E-state index in [-0.39, 0.29) is 5.91 Å². The average Bonchev–Trinajstić information content (AvgIpc) is 2.49. The fraction of sp³-hybridized carbons (Fsp3) is 0.500. The highest BCUT2D eigenvalue weighted by Crippen LogP contribution is 2.13. The summed E-state index contributed by atoms with van der Waals surface area (Å²) in [6.07, 6.45) is 3.07. The molecule has 0 saturated carbocycles. The molecule has 22 heavy (non-hydrogen) atoms. The van der Waals surface area contributed by atoms with Crippen LogP contribution in [0.25, 0.3) is 0 Å². The first-order valence-corrected chi connectivity index (χ1v) is 7.89. The molecule has 1 aromatic rings. The standard InChI is InChI=1S/C18H27NO3/c1-4-22-15(3)17(20)8-6-5-7-9-18(21)19-16-12-10-14(2)11-13-16/h10-13,17,20H,3-9H2,1-2H3,(H,19,21). The molecule has 0 aliphatic rings. The number of anilines is 1. The maximum absolute atomic E-state index is 11.8. The normalized spacial score (nSPS) is 11.8. The summed E-state index contributed by atoms with van der Waals surface area (Å²) in [5, 5.41) is 12.7. The van der Waals surface area contributed by atoms with Crippen LogP contribution >= 0.6 is 0 Å². The van der Waals surface area contributed by atoms with Crippen LogP contribution in [0.15, 0.2) is 36.6 Å². The number of nitrogens with one attached hydrogen (secondary N) is 1. The third kappa shape index (κ3) is 7.27. The van der Waals surface area contributed by atoms with Gasteiger partial charge in [-0.2, -0.15) is 0 Å². The molecular formula is C18H27NO3. The van der Waals surface area contributed by atoms with E-state index < -0.39 is 6.10 Å². The summed E-state index contributed by atoms with van der Waals surface area (Å²) in [6, 6.07) is 7.76. The highest BCUT2D eigenvalue weighted by molar-refractivity contribution is 5.90. The zero-order valence-corrected chi connectivity index (χ0v) is 13.6. The Bertz CT molecular complexity index is 468. The Labute approximate surface area is 133 Å². The zero-order chi connectivity index (χ0) is 16.4. The first-order valence-electron chi connectivity index (χ1n) is 7.89. The van der Waals surface area contributed by atoms with E-state index in [1.165, 1.54) is 5.56 Å². The lowest BCUT2D eigenvalue weighted by Crippen LogP contribution is -2.13. The van der Waals surface area contributed by atoms with Crippen LogP contribution in [-0.2, 0) is 9.53 Å². The maximum atomic E-state index is 11.8. The Kier molecular flexibility index (Phi) is 8.30. The lowest BCUT2D eigenvalue weighted by Gasteiger charge is -2.13. The predicted molar refractivity (Wildman–Crippen MR) is 89.7 cm³/mol. The van der Waals surface area contributed by atoms with Crippen LogP contribution in [0.4, 0.5) is 5.69 Å². The molecule has 122 valence electrons. The van der Waals surface area contributed by atoms with Crippen LogP contribution < -0.4 is 5.32 Å². The van der Waals surface area contributed by atoms with Gasteiger partial charge in [-0.3, -0.25) is 4.79 Å². The number of ether oxygens (including phenoxy) is 1. The molecule has 0 aromatic heterocycles. The van der Waals surface area contributed by atoms with Gasteiger partial charge in [0.15, 0.2) is 0 Å². The van der Waals surface area contributed by atoms with Crippen molar-refractivity contribution in [2.45, 2.75) is 52.1 Å². The number of aryl methyl sites for hydroxylation is 1. The van der Waals surface area contributed by atoms with Gasteiger partial charge in [-0.05, 0) is 38.8 Å². The van der Waals surface area contributed by atoms with Gasteiger partial charge in [-0.25, -0.2) is 0 Å². The van der Waals surface area contributed by atoms with Gasteiger partial charge >= 0.3 is 0 Å². The summed E-state index contributed by atoms with van der Waals surface area (Å²) >= 11 is 0. The second-order valence-electron chi connectivity index (χ2n) is 5.43. The van der Waals surface area contributed by atoms with Crippen LogP contribution in [0.1, 0.15) is 44.6 Å². The lowest BCUT2D eigenvalue weighted by molar-refractivity contribution is -0.116. The molecule has 1 unspecified atom stereocenters. The van der Waals surface area contributed by atoms with Gasteiger partial charge < -0.3 is 15.2 Å². The molecule has 1 atom stereocenters. The van der Waals surface area contributed by atoms with Gasteiger partial charge in [0.2, 0.25) is 5.91 Å². The number of benzene rings is 1. The van der Waals surface area contributed by atoms with E-state index in [2.05, 4.69) is 11.9 Å². The third-order valence-electron chi connectivity index (χ3n) is 3.42. The first-order chi connectivity index (χ1) is 10.5. The lowest BCUT2D eigenvalue weighted by atomic mass is 10.1. The van der Waals surface area contributed by atoms with Crippen molar-refractivity contribution in [2.75, 3.05) is 11.9 Å². The van der Waals surface area contributed by atoms with Crippen molar-refractivity contribution >= 4 is 11.6 Å². The summed E-state index contributed by atoms with van der Waals surface area (Å²) in [5.41, 5.74) is 2.00. The summed E-state index contributed by atoms with van der Waals surface area (Å²) in [6.45, 7) is 8.09. The molecule has 4 heteroatoms. The summed E-state index contributed by atoms with van der Waals surface area (Å²) in [7, 11) is 0. The SMILES string of the molecule is C=C(OCC)C(O)CCCCCC(=O)Nc1ccc(C)cc1. The second-order valence-corrected chi connectivity index (χ2v) is 5.43. The van der Waals surface area contributed by atoms with Crippen LogP contribution in [0.3, 0.4) is 0 Å². The molecule has 0 aliphatic heterocycles. The number of amides is 1. The largest absolute Gasteiger partial charge is 0.496 e. The molecule has 4 nitrogen and oxygen atoms in total. The van der Waals surface area contributed by atoms with Gasteiger partial charge in [0.1, 0.15) is 11.9 Å². The van der Waals surface area contributed by atoms with Crippen molar-refractivity contribution in [2.24, 2.45) is 0 Å². The highest BCUT2D eigenvalue weighted by atomic mass is 16.5. The number of aliphatic hydroxyl groups excluding tert-OH is 1. The molecule has 0 radical (unpaired) electrons. The van der Waals surface area contributed by atoms with Gasteiger partial charge in [0, 0.05) is 12.1 Å². The summed E-state index contributed by atoms with van der Waals surface area (Å²) < 4.78 is 5.17. The minimum absolute atomic E-state index is 0.0307. The number of hydrogen-bond acceptors (Lipinski definition) is 3. The molecule has 0 heterocycles. The first kappa shape index (κ1) is 18.2. The van der Waals surface area contributed by atoms with Crippen molar-refractivity contribution < 1.29 is 14.6 Å². The van der Waals surface area contributed by atoms with E-state index in [0.29, 0.717) is 25.2 Å². The van der Waals surface area contributed by atoms with E-state index in [0.717, 1.165) is 24.9 Å². The van der Waals surface area contributed by atoms with E-state index in [4.69, 9.17) is 4.74 Å². The molecule has 0 aliphatic carbocycles. The number of aliphatic hydroxyl groups is 1. The minimum Gasteiger partial charge on any atom is -0.496 e. The quantitative estimate of drug-likeness (QED) is 0.510. The zero-order valence-electron chi connectivity index (χ0n) is 13.6. The molecule has 0 saturated heterocycles. The Hall–Kier alpha value is -1.81. The van der Waals surface area contributed by atoms with Crippen LogP contribution in [0.5, 0.6) is 0 Å². The van der Waals surface area contributed by atoms with Gasteiger partial charge in [0.05, 0.1) is 6.61 Å². The van der Waals surface area contributed by atoms with E-state index in [9.17, 15) is 9.90 Å². The van der Waals surface area contributed by atoms with Gasteiger partial charge in [-0.15, -0.1) is 0 Å². The number of carbonyl (C=O) groups is 1. The van der Waals surface area contributed by atoms with Crippen LogP contribution in [0.2, 0.25) is 0 Å². The number of carbonyl (C=O) groups excluding carboxylic acids is 1. The smallest absolute Gasteiger partial charge is 0.224 e. The number of rotatable bonds is 10. The van der Waals surface area contributed by atoms with E-state index >= 15 is 0 Å². The van der Waals surface area contributed by atoms with E-state index in [1.807, 2.05) is 38.1 Å². The summed E-state index contributed by atoms with van der Waals surface area (Å²) in [4.78, 5) is 11.8. The molecule has 0 bridgehead atoms. The second kappa shape index (κ2) is 10.0. The monoisotopic (exact) mass is 305 g/mol. The number of hydrogen-bond donors (Lipinski definition) is 2. The molecule has 1 aromatic carbocycles. The molecule has 1 rings (SSSR count). The Morgan fingerprint density at radius 1 is 1.27 bits per heavy atom. The Balaban J connectivity index is 2.12. The van der Waals surface area contributed by atoms with Crippen molar-refractivity contribution in [1.29, 1.82) is 0 Å². The van der Waals surface area contributed by atoms with Gasteiger partial charge in [0.25, 0.3) is 0 Å². The third-order valence-corrected chi connectivity index (χ3v) is 3.42. The minimum atomic E-state index is -0.610. The summed E-state index contributed by atoms with van der Waals surface area (Å²) in [5.74, 6) is 0.461. The number of unbranched alkanes of at least 4 members (excludes halogenated alkanes) is 2. The van der Waals surface area contributed by atoms with Crippen molar-refractivity contribution in [1.82, 2.24) is 0 Å². The molecule has 0 spiro atoms. The Morgan fingerprint density at radius 2 is 1.95 bits per heavy atom. The molecule has 2 N–H and O–H groups in total. The predicted octanol–water partition coefficient (Wildman–Crippen LogP) is 3.80. The topological polar surface area (TPSA) is 58.6 Å². The molecule has 1 amide bonds. The van der Waals surface area contributed by atoms with Crippen molar-refractivity contribution in [3.63, 3.8) is 0 Å². The fourth-order valence-electron chi connectivity index (χ4n) is 2.10. The average molecular weight is 305 g/mol. The van der Waals surface area contributed by atoms with E-state index in [1.54, 1.807) is 0 Å². The van der Waals surface area contributed by atoms with Crippen LogP contribution in [-0.4, -0.2) is 23.7 Å². The van der Waals surface area contributed by atoms with Crippen molar-refractivity contribution in [3.05, 3.63) is 42.2 Å². The Morgan fingerprint density at radius 3 is 2.59 bits per heavy atom. The van der Waals surface area contributed by atoms with Gasteiger partial charge in [-0.1, -0.05) is 37.1 Å². The van der Waals surface area contributed by atoms with Crippen LogP contribution in [0, 0.1) is 6.92 Å².